The van der Waals surface area contributed by atoms with Crippen molar-refractivity contribution < 1.29 is 4.74 Å². The monoisotopic (exact) mass is 298 g/mol. The average molecular weight is 298 g/mol. The second-order valence-corrected chi connectivity index (χ2v) is 5.72. The first kappa shape index (κ1) is 14.8. The highest BCUT2D eigenvalue weighted by atomic mass is 16.5. The van der Waals surface area contributed by atoms with Crippen LogP contribution in [0.1, 0.15) is 24.0 Å². The highest BCUT2D eigenvalue weighted by molar-refractivity contribution is 5.59. The van der Waals surface area contributed by atoms with E-state index in [0.29, 0.717) is 12.1 Å². The topological polar surface area (TPSA) is 59.1 Å². The standard InChI is InChI=1S/C17H22N4O/c1-12-5-6-15(13(2)10-12)20-17-18-8-7-16(21-17)19-11-14-4-3-9-22-14/h5-8,10,14H,3-4,9,11H2,1-2H3,(H2,18,19,20,21). The fourth-order valence-corrected chi connectivity index (χ4v) is 2.62. The van der Waals surface area contributed by atoms with Crippen molar-refractivity contribution in [2.75, 3.05) is 23.8 Å². The van der Waals surface area contributed by atoms with Gasteiger partial charge in [-0.2, -0.15) is 4.98 Å². The summed E-state index contributed by atoms with van der Waals surface area (Å²) in [5, 5.41) is 6.59. The summed E-state index contributed by atoms with van der Waals surface area (Å²) >= 11 is 0. The van der Waals surface area contributed by atoms with Gasteiger partial charge in [0, 0.05) is 25.0 Å². The molecule has 2 aromatic rings. The number of aryl methyl sites for hydroxylation is 2. The maximum Gasteiger partial charge on any atom is 0.229 e. The van der Waals surface area contributed by atoms with Gasteiger partial charge in [0.1, 0.15) is 5.82 Å². The van der Waals surface area contributed by atoms with Crippen LogP contribution in [0.25, 0.3) is 0 Å². The summed E-state index contributed by atoms with van der Waals surface area (Å²) in [6.07, 6.45) is 4.32. The van der Waals surface area contributed by atoms with Crippen molar-refractivity contribution >= 4 is 17.5 Å². The predicted octanol–water partition coefficient (Wildman–Crippen LogP) is 3.43. The van der Waals surface area contributed by atoms with Crippen LogP contribution in [0, 0.1) is 13.8 Å². The largest absolute Gasteiger partial charge is 0.376 e. The predicted molar refractivity (Wildman–Crippen MR) is 88.7 cm³/mol. The van der Waals surface area contributed by atoms with Crippen molar-refractivity contribution in [2.24, 2.45) is 0 Å². The molecule has 5 heteroatoms. The molecule has 0 amide bonds. The van der Waals surface area contributed by atoms with E-state index in [4.69, 9.17) is 4.74 Å². The number of benzene rings is 1. The summed E-state index contributed by atoms with van der Waals surface area (Å²) in [6, 6.07) is 8.15. The molecule has 3 rings (SSSR count). The van der Waals surface area contributed by atoms with Crippen LogP contribution in [0.2, 0.25) is 0 Å². The van der Waals surface area contributed by atoms with Crippen LogP contribution in [-0.2, 0) is 4.74 Å². The number of anilines is 3. The number of nitrogens with zero attached hydrogens (tertiary/aromatic N) is 2. The van der Waals surface area contributed by atoms with Gasteiger partial charge in [-0.05, 0) is 44.4 Å². The van der Waals surface area contributed by atoms with Gasteiger partial charge < -0.3 is 15.4 Å². The van der Waals surface area contributed by atoms with Gasteiger partial charge in [-0.1, -0.05) is 17.7 Å². The first-order valence-electron chi connectivity index (χ1n) is 7.73. The molecule has 1 atom stereocenters. The molecule has 2 heterocycles. The van der Waals surface area contributed by atoms with Crippen molar-refractivity contribution in [1.82, 2.24) is 9.97 Å². The fourth-order valence-electron chi connectivity index (χ4n) is 2.62. The molecule has 116 valence electrons. The lowest BCUT2D eigenvalue weighted by Gasteiger charge is -2.13. The minimum Gasteiger partial charge on any atom is -0.376 e. The molecule has 1 aliphatic rings. The third kappa shape index (κ3) is 3.74. The van der Waals surface area contributed by atoms with E-state index in [2.05, 4.69) is 52.6 Å². The van der Waals surface area contributed by atoms with Gasteiger partial charge in [-0.3, -0.25) is 0 Å². The van der Waals surface area contributed by atoms with E-state index in [9.17, 15) is 0 Å². The molecule has 1 aromatic carbocycles. The Balaban J connectivity index is 1.65. The Hall–Kier alpha value is -2.14. The van der Waals surface area contributed by atoms with Crippen LogP contribution in [-0.4, -0.2) is 29.2 Å². The Morgan fingerprint density at radius 2 is 2.18 bits per heavy atom. The molecule has 1 aliphatic heterocycles. The molecule has 0 saturated carbocycles. The summed E-state index contributed by atoms with van der Waals surface area (Å²) in [5.74, 6) is 1.42. The van der Waals surface area contributed by atoms with Gasteiger partial charge in [0.05, 0.1) is 6.10 Å². The van der Waals surface area contributed by atoms with Crippen molar-refractivity contribution in [3.8, 4) is 0 Å². The van der Waals surface area contributed by atoms with E-state index in [-0.39, 0.29) is 0 Å². The van der Waals surface area contributed by atoms with Crippen LogP contribution >= 0.6 is 0 Å². The van der Waals surface area contributed by atoms with Gasteiger partial charge in [-0.25, -0.2) is 4.98 Å². The summed E-state index contributed by atoms with van der Waals surface area (Å²) < 4.78 is 5.61. The number of ether oxygens (including phenoxy) is 1. The van der Waals surface area contributed by atoms with Crippen LogP contribution in [0.5, 0.6) is 0 Å². The third-order valence-electron chi connectivity index (χ3n) is 3.82. The molecular weight excluding hydrogens is 276 g/mol. The number of hydrogen-bond donors (Lipinski definition) is 2. The Morgan fingerprint density at radius 3 is 2.95 bits per heavy atom. The molecule has 1 fully saturated rings. The zero-order valence-corrected chi connectivity index (χ0v) is 13.1. The van der Waals surface area contributed by atoms with Crippen LogP contribution in [0.15, 0.2) is 30.5 Å². The number of nitrogens with one attached hydrogen (secondary N) is 2. The second-order valence-electron chi connectivity index (χ2n) is 5.72. The summed E-state index contributed by atoms with van der Waals surface area (Å²) in [7, 11) is 0. The highest BCUT2D eigenvalue weighted by Gasteiger charge is 2.15. The first-order valence-corrected chi connectivity index (χ1v) is 7.73. The van der Waals surface area contributed by atoms with E-state index in [1.807, 2.05) is 6.07 Å². The zero-order valence-electron chi connectivity index (χ0n) is 13.1. The molecular formula is C17H22N4O. The number of rotatable bonds is 5. The average Bonchev–Trinajstić information content (AvgIpc) is 3.02. The number of aromatic nitrogens is 2. The Kier molecular flexibility index (Phi) is 4.53. The van der Waals surface area contributed by atoms with Crippen molar-refractivity contribution in [3.63, 3.8) is 0 Å². The minimum atomic E-state index is 0.297. The maximum absolute atomic E-state index is 5.61. The van der Waals surface area contributed by atoms with Crippen LogP contribution in [0.3, 0.4) is 0 Å². The number of hydrogen-bond acceptors (Lipinski definition) is 5. The quantitative estimate of drug-likeness (QED) is 0.885. The van der Waals surface area contributed by atoms with E-state index in [1.165, 1.54) is 11.1 Å². The lowest BCUT2D eigenvalue weighted by molar-refractivity contribution is 0.120. The Labute approximate surface area is 131 Å². The van der Waals surface area contributed by atoms with Crippen LogP contribution < -0.4 is 10.6 Å². The van der Waals surface area contributed by atoms with E-state index in [0.717, 1.165) is 37.5 Å². The normalized spacial score (nSPS) is 17.5. The van der Waals surface area contributed by atoms with Gasteiger partial charge in [0.25, 0.3) is 0 Å². The molecule has 2 N–H and O–H groups in total. The summed E-state index contributed by atoms with van der Waals surface area (Å²) in [6.45, 7) is 5.83. The zero-order chi connectivity index (χ0) is 15.4. The smallest absolute Gasteiger partial charge is 0.229 e. The van der Waals surface area contributed by atoms with Crippen LogP contribution in [0.4, 0.5) is 17.5 Å². The molecule has 22 heavy (non-hydrogen) atoms. The molecule has 0 spiro atoms. The van der Waals surface area contributed by atoms with Gasteiger partial charge in [-0.15, -0.1) is 0 Å². The fraction of sp³-hybridized carbons (Fsp3) is 0.412. The third-order valence-corrected chi connectivity index (χ3v) is 3.82. The molecule has 0 aliphatic carbocycles. The Morgan fingerprint density at radius 1 is 1.27 bits per heavy atom. The lowest BCUT2D eigenvalue weighted by atomic mass is 10.1. The lowest BCUT2D eigenvalue weighted by Crippen LogP contribution is -2.19. The maximum atomic E-state index is 5.61. The SMILES string of the molecule is Cc1ccc(Nc2nccc(NCC3CCCO3)n2)c(C)c1. The molecule has 0 bridgehead atoms. The highest BCUT2D eigenvalue weighted by Crippen LogP contribution is 2.20. The van der Waals surface area contributed by atoms with E-state index >= 15 is 0 Å². The van der Waals surface area contributed by atoms with E-state index < -0.39 is 0 Å². The minimum absolute atomic E-state index is 0.297. The van der Waals surface area contributed by atoms with Gasteiger partial charge in [0.2, 0.25) is 5.95 Å². The van der Waals surface area contributed by atoms with Crippen molar-refractivity contribution in [3.05, 3.63) is 41.6 Å². The molecule has 1 saturated heterocycles. The molecule has 5 nitrogen and oxygen atoms in total. The molecule has 1 unspecified atom stereocenters. The van der Waals surface area contributed by atoms with Crippen molar-refractivity contribution in [1.29, 1.82) is 0 Å². The summed E-state index contributed by atoms with van der Waals surface area (Å²) in [4.78, 5) is 8.79. The molecule has 0 radical (unpaired) electrons. The summed E-state index contributed by atoms with van der Waals surface area (Å²) in [5.41, 5.74) is 3.46. The Bertz CT molecular complexity index is 638. The second kappa shape index (κ2) is 6.75. The molecule has 1 aromatic heterocycles. The van der Waals surface area contributed by atoms with Gasteiger partial charge >= 0.3 is 0 Å². The van der Waals surface area contributed by atoms with E-state index in [1.54, 1.807) is 6.20 Å². The first-order chi connectivity index (χ1) is 10.7. The van der Waals surface area contributed by atoms with Crippen molar-refractivity contribution in [2.45, 2.75) is 32.8 Å². The van der Waals surface area contributed by atoms with Gasteiger partial charge in [0.15, 0.2) is 0 Å².